The molecule has 1 N–H and O–H groups in total. The number of ether oxygens (including phenoxy) is 3. The van der Waals surface area contributed by atoms with Crippen LogP contribution in [0.25, 0.3) is 6.08 Å². The minimum absolute atomic E-state index is 0.268. The molecule has 0 atom stereocenters. The first kappa shape index (κ1) is 19.9. The molecule has 150 valence electrons. The summed E-state index contributed by atoms with van der Waals surface area (Å²) in [5.41, 5.74) is 1.68. The van der Waals surface area contributed by atoms with Crippen LogP contribution in [0.2, 0.25) is 0 Å². The highest BCUT2D eigenvalue weighted by atomic mass is 16.5. The van der Waals surface area contributed by atoms with Crippen molar-refractivity contribution < 1.29 is 28.6 Å². The molecule has 8 heteroatoms. The van der Waals surface area contributed by atoms with Crippen molar-refractivity contribution in [3.8, 4) is 17.2 Å². The number of hydrogen-bond acceptors (Lipinski definition) is 6. The molecule has 1 aliphatic heterocycles. The summed E-state index contributed by atoms with van der Waals surface area (Å²) >= 11 is 0. The first-order valence-corrected chi connectivity index (χ1v) is 8.65. The molecule has 3 amide bonds. The number of anilines is 1. The quantitative estimate of drug-likeness (QED) is 0.596. The molecule has 0 saturated heterocycles. The van der Waals surface area contributed by atoms with Crippen molar-refractivity contribution in [2.24, 2.45) is 0 Å². The van der Waals surface area contributed by atoms with E-state index in [9.17, 15) is 14.4 Å². The molecule has 1 aliphatic rings. The fourth-order valence-electron chi connectivity index (χ4n) is 2.99. The van der Waals surface area contributed by atoms with Crippen LogP contribution in [0.3, 0.4) is 0 Å². The van der Waals surface area contributed by atoms with Gasteiger partial charge in [-0.15, -0.1) is 0 Å². The number of nitrogens with zero attached hydrogens (tertiary/aromatic N) is 1. The summed E-state index contributed by atoms with van der Waals surface area (Å²) in [7, 11) is 5.95. The van der Waals surface area contributed by atoms with Gasteiger partial charge in [-0.1, -0.05) is 0 Å². The van der Waals surface area contributed by atoms with Crippen molar-refractivity contribution in [3.63, 3.8) is 0 Å². The van der Waals surface area contributed by atoms with E-state index in [0.717, 1.165) is 4.90 Å². The summed E-state index contributed by atoms with van der Waals surface area (Å²) in [4.78, 5) is 37.3. The number of fused-ring (bicyclic) bond motifs is 1. The van der Waals surface area contributed by atoms with Gasteiger partial charge in [-0.2, -0.15) is 0 Å². The Morgan fingerprint density at radius 3 is 2.14 bits per heavy atom. The van der Waals surface area contributed by atoms with Crippen LogP contribution in [0.4, 0.5) is 5.69 Å². The molecule has 0 saturated carbocycles. The summed E-state index contributed by atoms with van der Waals surface area (Å²) in [5, 5.41) is 2.68. The molecule has 0 aliphatic carbocycles. The van der Waals surface area contributed by atoms with Crippen molar-refractivity contribution >= 4 is 29.5 Å². The lowest BCUT2D eigenvalue weighted by molar-refractivity contribution is -0.111. The van der Waals surface area contributed by atoms with Crippen LogP contribution in [0.15, 0.2) is 36.4 Å². The molecule has 2 aromatic carbocycles. The number of carbonyl (C=O) groups excluding carboxylic acids is 3. The number of amides is 3. The molecule has 0 spiro atoms. The van der Waals surface area contributed by atoms with E-state index in [4.69, 9.17) is 14.2 Å². The Bertz CT molecular complexity index is 1000. The first-order valence-electron chi connectivity index (χ1n) is 8.65. The molecule has 3 rings (SSSR count). The highest BCUT2D eigenvalue weighted by Crippen LogP contribution is 2.38. The lowest BCUT2D eigenvalue weighted by Gasteiger charge is -2.12. The summed E-state index contributed by atoms with van der Waals surface area (Å²) in [6.07, 6.45) is 2.93. The van der Waals surface area contributed by atoms with Gasteiger partial charge in [-0.05, 0) is 42.0 Å². The van der Waals surface area contributed by atoms with Crippen molar-refractivity contribution in [3.05, 3.63) is 53.1 Å². The van der Waals surface area contributed by atoms with Crippen LogP contribution < -0.4 is 19.5 Å². The minimum Gasteiger partial charge on any atom is -0.493 e. The Labute approximate surface area is 167 Å². The topological polar surface area (TPSA) is 94.2 Å². The maximum Gasteiger partial charge on any atom is 0.261 e. The number of carbonyl (C=O) groups is 3. The third-order valence-electron chi connectivity index (χ3n) is 4.47. The second kappa shape index (κ2) is 8.05. The molecule has 0 unspecified atom stereocenters. The fourth-order valence-corrected chi connectivity index (χ4v) is 2.99. The van der Waals surface area contributed by atoms with Crippen LogP contribution in [-0.4, -0.2) is 51.0 Å². The summed E-state index contributed by atoms with van der Waals surface area (Å²) in [6, 6.07) is 8.01. The van der Waals surface area contributed by atoms with Crippen molar-refractivity contribution in [1.29, 1.82) is 0 Å². The van der Waals surface area contributed by atoms with E-state index in [1.54, 1.807) is 24.3 Å². The van der Waals surface area contributed by atoms with Gasteiger partial charge in [0.15, 0.2) is 11.5 Å². The van der Waals surface area contributed by atoms with Crippen LogP contribution >= 0.6 is 0 Å². The monoisotopic (exact) mass is 396 g/mol. The predicted molar refractivity (Wildman–Crippen MR) is 107 cm³/mol. The molecular formula is C21H20N2O6. The minimum atomic E-state index is -0.399. The Hall–Kier alpha value is -3.81. The molecule has 8 nitrogen and oxygen atoms in total. The lowest BCUT2D eigenvalue weighted by Crippen LogP contribution is -2.24. The molecule has 0 radical (unpaired) electrons. The number of rotatable bonds is 6. The van der Waals surface area contributed by atoms with E-state index in [1.165, 1.54) is 46.6 Å². The fraction of sp³-hybridized carbons (Fsp3) is 0.190. The number of methoxy groups -OCH3 is 3. The Kier molecular flexibility index (Phi) is 5.54. The molecule has 0 fully saturated rings. The van der Waals surface area contributed by atoms with E-state index < -0.39 is 11.8 Å². The lowest BCUT2D eigenvalue weighted by atomic mass is 10.1. The smallest absolute Gasteiger partial charge is 0.261 e. The second-order valence-electron chi connectivity index (χ2n) is 6.21. The SMILES string of the molecule is COc1cc(C=CC(=O)Nc2ccc3c(c2)C(=O)N(C)C3=O)cc(OC)c1OC. The Morgan fingerprint density at radius 1 is 0.931 bits per heavy atom. The van der Waals surface area contributed by atoms with Crippen molar-refractivity contribution in [2.45, 2.75) is 0 Å². The summed E-state index contributed by atoms with van der Waals surface area (Å²) in [5.74, 6) is 0.248. The van der Waals surface area contributed by atoms with Gasteiger partial charge in [-0.25, -0.2) is 0 Å². The average molecular weight is 396 g/mol. The molecular weight excluding hydrogens is 376 g/mol. The molecule has 0 bridgehead atoms. The zero-order valence-corrected chi connectivity index (χ0v) is 16.4. The predicted octanol–water partition coefficient (Wildman–Crippen LogP) is 2.59. The highest BCUT2D eigenvalue weighted by Gasteiger charge is 2.32. The van der Waals surface area contributed by atoms with Gasteiger partial charge in [0.05, 0.1) is 32.5 Å². The van der Waals surface area contributed by atoms with E-state index in [0.29, 0.717) is 34.1 Å². The summed E-state index contributed by atoms with van der Waals surface area (Å²) in [6.45, 7) is 0. The van der Waals surface area contributed by atoms with Gasteiger partial charge in [-0.3, -0.25) is 19.3 Å². The van der Waals surface area contributed by atoms with Gasteiger partial charge in [0, 0.05) is 18.8 Å². The van der Waals surface area contributed by atoms with Crippen LogP contribution in [-0.2, 0) is 4.79 Å². The van der Waals surface area contributed by atoms with E-state index in [1.807, 2.05) is 0 Å². The zero-order valence-electron chi connectivity index (χ0n) is 16.4. The second-order valence-corrected chi connectivity index (χ2v) is 6.21. The van der Waals surface area contributed by atoms with Gasteiger partial charge >= 0.3 is 0 Å². The third-order valence-corrected chi connectivity index (χ3v) is 4.47. The molecule has 2 aromatic rings. The van der Waals surface area contributed by atoms with E-state index in [-0.39, 0.29) is 11.5 Å². The molecule has 1 heterocycles. The van der Waals surface area contributed by atoms with Gasteiger partial charge in [0.1, 0.15) is 0 Å². The van der Waals surface area contributed by atoms with Crippen LogP contribution in [0, 0.1) is 0 Å². The third kappa shape index (κ3) is 3.77. The van der Waals surface area contributed by atoms with Crippen molar-refractivity contribution in [2.75, 3.05) is 33.7 Å². The normalized spacial score (nSPS) is 12.9. The maximum absolute atomic E-state index is 12.3. The Morgan fingerprint density at radius 2 is 1.55 bits per heavy atom. The largest absolute Gasteiger partial charge is 0.493 e. The number of hydrogen-bond donors (Lipinski definition) is 1. The van der Waals surface area contributed by atoms with E-state index in [2.05, 4.69) is 5.32 Å². The van der Waals surface area contributed by atoms with Crippen molar-refractivity contribution in [1.82, 2.24) is 4.90 Å². The number of imide groups is 1. The van der Waals surface area contributed by atoms with Gasteiger partial charge in [0.25, 0.3) is 11.8 Å². The number of benzene rings is 2. The zero-order chi connectivity index (χ0) is 21.1. The van der Waals surface area contributed by atoms with Gasteiger partial charge in [0.2, 0.25) is 11.7 Å². The van der Waals surface area contributed by atoms with Crippen LogP contribution in [0.5, 0.6) is 17.2 Å². The maximum atomic E-state index is 12.3. The van der Waals surface area contributed by atoms with E-state index >= 15 is 0 Å². The summed E-state index contributed by atoms with van der Waals surface area (Å²) < 4.78 is 15.8. The number of nitrogens with one attached hydrogen (secondary N) is 1. The average Bonchev–Trinajstić information content (AvgIpc) is 2.95. The highest BCUT2D eigenvalue weighted by molar-refractivity contribution is 6.21. The Balaban J connectivity index is 1.78. The molecule has 29 heavy (non-hydrogen) atoms. The van der Waals surface area contributed by atoms with Crippen LogP contribution in [0.1, 0.15) is 26.3 Å². The first-order chi connectivity index (χ1) is 13.9. The standard InChI is InChI=1S/C21H20N2O6/c1-23-20(25)14-7-6-13(11-15(14)21(23)26)22-18(24)8-5-12-9-16(27-2)19(29-4)17(10-12)28-3/h5-11H,1-4H3,(H,22,24). The van der Waals surface area contributed by atoms with Gasteiger partial charge < -0.3 is 19.5 Å². The molecule has 0 aromatic heterocycles.